The fourth-order valence-corrected chi connectivity index (χ4v) is 3.45. The van der Waals surface area contributed by atoms with Crippen LogP contribution in [0.15, 0.2) is 42.6 Å². The number of aryl methyl sites for hydroxylation is 1. The van der Waals surface area contributed by atoms with E-state index in [1.54, 1.807) is 18.3 Å². The number of amides is 1. The average molecular weight is 396 g/mol. The quantitative estimate of drug-likeness (QED) is 0.686. The first kappa shape index (κ1) is 20.8. The molecule has 1 aliphatic carbocycles. The van der Waals surface area contributed by atoms with Gasteiger partial charge < -0.3 is 14.8 Å². The van der Waals surface area contributed by atoms with Crippen molar-refractivity contribution in [3.05, 3.63) is 59.3 Å². The molecule has 1 saturated carbocycles. The van der Waals surface area contributed by atoms with Gasteiger partial charge in [0.05, 0.1) is 12.7 Å². The van der Waals surface area contributed by atoms with E-state index in [2.05, 4.69) is 15.0 Å². The highest BCUT2D eigenvalue weighted by molar-refractivity contribution is 5.89. The largest absolute Gasteiger partial charge is 0.474 e. The Morgan fingerprint density at radius 1 is 1.07 bits per heavy atom. The fraction of sp³-hybridized carbons (Fsp3) is 0.435. The number of benzene rings is 1. The standard InChI is InChI=1S/C23H28N2O4/c1-28-23(27)19-10-7-17(8-11-19)9-12-21(26)25-16-18-13-14-24-22(15-18)29-20-5-3-2-4-6-20/h7-8,10-11,13-15,20H,2-6,9,12,16H2,1H3,(H,25,26). The lowest BCUT2D eigenvalue weighted by molar-refractivity contribution is -0.121. The maximum Gasteiger partial charge on any atom is 0.337 e. The molecule has 1 amide bonds. The van der Waals surface area contributed by atoms with Crippen LogP contribution in [0.4, 0.5) is 0 Å². The van der Waals surface area contributed by atoms with Gasteiger partial charge in [-0.25, -0.2) is 9.78 Å². The van der Waals surface area contributed by atoms with Crippen molar-refractivity contribution < 1.29 is 19.1 Å². The highest BCUT2D eigenvalue weighted by Crippen LogP contribution is 2.22. The van der Waals surface area contributed by atoms with E-state index in [1.807, 2.05) is 24.3 Å². The van der Waals surface area contributed by atoms with E-state index in [-0.39, 0.29) is 18.0 Å². The normalized spacial score (nSPS) is 14.2. The molecule has 0 atom stereocenters. The Morgan fingerprint density at radius 2 is 1.83 bits per heavy atom. The van der Waals surface area contributed by atoms with Gasteiger partial charge in [0.25, 0.3) is 0 Å². The van der Waals surface area contributed by atoms with Crippen LogP contribution in [0.25, 0.3) is 0 Å². The fourth-order valence-electron chi connectivity index (χ4n) is 3.45. The van der Waals surface area contributed by atoms with Crippen LogP contribution < -0.4 is 10.1 Å². The van der Waals surface area contributed by atoms with Gasteiger partial charge in [-0.15, -0.1) is 0 Å². The Bertz CT molecular complexity index is 814. The van der Waals surface area contributed by atoms with Crippen LogP contribution in [0.5, 0.6) is 5.88 Å². The van der Waals surface area contributed by atoms with Gasteiger partial charge in [-0.1, -0.05) is 18.6 Å². The molecule has 2 aromatic rings. The Hall–Kier alpha value is -2.89. The topological polar surface area (TPSA) is 77.5 Å². The van der Waals surface area contributed by atoms with E-state index >= 15 is 0 Å². The summed E-state index contributed by atoms with van der Waals surface area (Å²) in [6.07, 6.45) is 8.86. The van der Waals surface area contributed by atoms with E-state index < -0.39 is 0 Å². The molecule has 1 fully saturated rings. The summed E-state index contributed by atoms with van der Waals surface area (Å²) in [5, 5.41) is 2.94. The van der Waals surface area contributed by atoms with Crippen LogP contribution in [0.3, 0.4) is 0 Å². The van der Waals surface area contributed by atoms with Gasteiger partial charge in [0.2, 0.25) is 11.8 Å². The third-order valence-corrected chi connectivity index (χ3v) is 5.14. The predicted octanol–water partition coefficient (Wildman–Crippen LogP) is 3.83. The highest BCUT2D eigenvalue weighted by atomic mass is 16.5. The van der Waals surface area contributed by atoms with Crippen LogP contribution in [-0.4, -0.2) is 30.1 Å². The van der Waals surface area contributed by atoms with E-state index in [0.717, 1.165) is 24.0 Å². The van der Waals surface area contributed by atoms with Crippen molar-refractivity contribution in [2.75, 3.05) is 7.11 Å². The van der Waals surface area contributed by atoms with Gasteiger partial charge >= 0.3 is 5.97 Å². The summed E-state index contributed by atoms with van der Waals surface area (Å²) in [4.78, 5) is 27.9. The molecule has 0 aliphatic heterocycles. The second-order valence-electron chi connectivity index (χ2n) is 7.35. The lowest BCUT2D eigenvalue weighted by atomic mass is 9.98. The van der Waals surface area contributed by atoms with Crippen molar-refractivity contribution in [3.8, 4) is 5.88 Å². The summed E-state index contributed by atoms with van der Waals surface area (Å²) in [5.74, 6) is 0.251. The van der Waals surface area contributed by atoms with Gasteiger partial charge in [0.1, 0.15) is 6.10 Å². The molecule has 0 spiro atoms. The SMILES string of the molecule is COC(=O)c1ccc(CCC(=O)NCc2ccnc(OC3CCCCC3)c2)cc1. The average Bonchev–Trinajstić information content (AvgIpc) is 2.77. The maximum atomic E-state index is 12.2. The van der Waals surface area contributed by atoms with Crippen molar-refractivity contribution in [3.63, 3.8) is 0 Å². The lowest BCUT2D eigenvalue weighted by Gasteiger charge is -2.22. The Morgan fingerprint density at radius 3 is 2.55 bits per heavy atom. The minimum atomic E-state index is -0.363. The number of nitrogens with zero attached hydrogens (tertiary/aromatic N) is 1. The summed E-state index contributed by atoms with van der Waals surface area (Å²) in [5.41, 5.74) is 2.48. The molecule has 0 radical (unpaired) electrons. The summed E-state index contributed by atoms with van der Waals surface area (Å²) in [6, 6.07) is 10.9. The first-order chi connectivity index (χ1) is 14.1. The summed E-state index contributed by atoms with van der Waals surface area (Å²) >= 11 is 0. The molecule has 29 heavy (non-hydrogen) atoms. The molecule has 6 nitrogen and oxygen atoms in total. The molecule has 1 aliphatic rings. The third-order valence-electron chi connectivity index (χ3n) is 5.14. The Balaban J connectivity index is 1.43. The molecule has 1 aromatic carbocycles. The lowest BCUT2D eigenvalue weighted by Crippen LogP contribution is -2.23. The minimum Gasteiger partial charge on any atom is -0.474 e. The molecule has 1 N–H and O–H groups in total. The number of hydrogen-bond donors (Lipinski definition) is 1. The molecule has 0 unspecified atom stereocenters. The second kappa shape index (κ2) is 10.6. The smallest absolute Gasteiger partial charge is 0.337 e. The summed E-state index contributed by atoms with van der Waals surface area (Å²) < 4.78 is 10.7. The van der Waals surface area contributed by atoms with E-state index in [9.17, 15) is 9.59 Å². The van der Waals surface area contributed by atoms with Crippen LogP contribution in [0.2, 0.25) is 0 Å². The Labute approximate surface area is 171 Å². The number of methoxy groups -OCH3 is 1. The van der Waals surface area contributed by atoms with Crippen LogP contribution >= 0.6 is 0 Å². The number of pyridine rings is 1. The van der Waals surface area contributed by atoms with E-state index in [1.165, 1.54) is 26.4 Å². The molecule has 1 aromatic heterocycles. The van der Waals surface area contributed by atoms with Crippen LogP contribution in [0, 0.1) is 0 Å². The van der Waals surface area contributed by atoms with E-state index in [4.69, 9.17) is 4.74 Å². The predicted molar refractivity (Wildman–Crippen MR) is 110 cm³/mol. The van der Waals surface area contributed by atoms with Crippen molar-refractivity contribution in [2.24, 2.45) is 0 Å². The molecule has 0 saturated heterocycles. The van der Waals surface area contributed by atoms with Crippen molar-refractivity contribution >= 4 is 11.9 Å². The zero-order valence-corrected chi connectivity index (χ0v) is 16.9. The summed E-state index contributed by atoms with van der Waals surface area (Å²) in [7, 11) is 1.36. The number of hydrogen-bond acceptors (Lipinski definition) is 5. The first-order valence-corrected chi connectivity index (χ1v) is 10.2. The van der Waals surface area contributed by atoms with Gasteiger partial charge in [-0.05, 0) is 61.4 Å². The van der Waals surface area contributed by atoms with Crippen molar-refractivity contribution in [1.29, 1.82) is 0 Å². The molecule has 154 valence electrons. The van der Waals surface area contributed by atoms with Crippen LogP contribution in [0.1, 0.15) is 60.0 Å². The van der Waals surface area contributed by atoms with Crippen LogP contribution in [-0.2, 0) is 22.5 Å². The number of carbonyl (C=O) groups excluding carboxylic acids is 2. The molecular weight excluding hydrogens is 368 g/mol. The Kier molecular flexibility index (Phi) is 7.61. The highest BCUT2D eigenvalue weighted by Gasteiger charge is 2.15. The van der Waals surface area contributed by atoms with Gasteiger partial charge in [-0.3, -0.25) is 4.79 Å². The van der Waals surface area contributed by atoms with Gasteiger partial charge in [-0.2, -0.15) is 0 Å². The second-order valence-corrected chi connectivity index (χ2v) is 7.35. The monoisotopic (exact) mass is 396 g/mol. The molecule has 0 bridgehead atoms. The van der Waals surface area contributed by atoms with Gasteiger partial charge in [0, 0.05) is 25.2 Å². The zero-order chi connectivity index (χ0) is 20.5. The summed E-state index contributed by atoms with van der Waals surface area (Å²) in [6.45, 7) is 0.448. The van der Waals surface area contributed by atoms with Crippen molar-refractivity contribution in [1.82, 2.24) is 10.3 Å². The number of carbonyl (C=O) groups is 2. The van der Waals surface area contributed by atoms with Gasteiger partial charge in [0.15, 0.2) is 0 Å². The van der Waals surface area contributed by atoms with E-state index in [0.29, 0.717) is 30.8 Å². The number of nitrogens with one attached hydrogen (secondary N) is 1. The van der Waals surface area contributed by atoms with Crippen molar-refractivity contribution in [2.45, 2.75) is 57.6 Å². The maximum absolute atomic E-state index is 12.2. The third kappa shape index (κ3) is 6.59. The molecule has 3 rings (SSSR count). The number of rotatable bonds is 8. The molecular formula is C23H28N2O4. The first-order valence-electron chi connectivity index (χ1n) is 10.2. The number of aromatic nitrogens is 1. The number of ether oxygens (including phenoxy) is 2. The zero-order valence-electron chi connectivity index (χ0n) is 16.9. The molecule has 6 heteroatoms. The molecule has 1 heterocycles. The number of esters is 1. The minimum absolute atomic E-state index is 0.0198.